The molecule has 0 bridgehead atoms. The first kappa shape index (κ1) is 16.5. The van der Waals surface area contributed by atoms with Gasteiger partial charge in [-0.15, -0.1) is 0 Å². The van der Waals surface area contributed by atoms with E-state index in [2.05, 4.69) is 5.32 Å². The van der Waals surface area contributed by atoms with Crippen LogP contribution >= 0.6 is 11.6 Å². The fourth-order valence-electron chi connectivity index (χ4n) is 2.20. The molecule has 2 aromatic rings. The number of amides is 1. The van der Waals surface area contributed by atoms with Crippen molar-refractivity contribution in [2.75, 3.05) is 6.54 Å². The zero-order valence-electron chi connectivity index (χ0n) is 12.7. The lowest BCUT2D eigenvalue weighted by atomic mass is 10.1. The number of nitrogens with one attached hydrogen (secondary N) is 1. The maximum absolute atomic E-state index is 14.6. The van der Waals surface area contributed by atoms with Crippen molar-refractivity contribution in [1.29, 1.82) is 0 Å². The van der Waals surface area contributed by atoms with Crippen molar-refractivity contribution in [3.05, 3.63) is 64.4 Å². The second-order valence-electron chi connectivity index (χ2n) is 5.64. The van der Waals surface area contributed by atoms with Gasteiger partial charge in [0.05, 0.1) is 16.1 Å². The second-order valence-corrected chi connectivity index (χ2v) is 6.05. The summed E-state index contributed by atoms with van der Waals surface area (Å²) in [5, 5.41) is 2.62. The van der Waals surface area contributed by atoms with E-state index >= 15 is 0 Å². The van der Waals surface area contributed by atoms with Crippen LogP contribution in [0.1, 0.15) is 33.6 Å². The van der Waals surface area contributed by atoms with Gasteiger partial charge >= 0.3 is 5.97 Å². The molecule has 0 aliphatic heterocycles. The van der Waals surface area contributed by atoms with Gasteiger partial charge in [0, 0.05) is 6.54 Å². The lowest BCUT2D eigenvalue weighted by Gasteiger charge is -2.11. The van der Waals surface area contributed by atoms with Gasteiger partial charge in [0.15, 0.2) is 11.6 Å². The molecule has 124 valence electrons. The smallest absolute Gasteiger partial charge is 0.343 e. The largest absolute Gasteiger partial charge is 0.420 e. The quantitative estimate of drug-likeness (QED) is 0.660. The van der Waals surface area contributed by atoms with Crippen LogP contribution in [0.3, 0.4) is 0 Å². The Labute approximate surface area is 143 Å². The Bertz CT molecular complexity index is 775. The third-order valence-electron chi connectivity index (χ3n) is 3.74. The summed E-state index contributed by atoms with van der Waals surface area (Å²) in [6.45, 7) is 0.489. The van der Waals surface area contributed by atoms with Crippen molar-refractivity contribution in [3.63, 3.8) is 0 Å². The molecule has 1 amide bonds. The van der Waals surface area contributed by atoms with E-state index in [0.29, 0.717) is 12.5 Å². The minimum atomic E-state index is -0.944. The second kappa shape index (κ2) is 7.01. The van der Waals surface area contributed by atoms with E-state index in [1.165, 1.54) is 12.1 Å². The molecule has 4 nitrogen and oxygen atoms in total. The van der Waals surface area contributed by atoms with Crippen LogP contribution < -0.4 is 10.1 Å². The molecule has 3 rings (SSSR count). The number of esters is 1. The van der Waals surface area contributed by atoms with Gasteiger partial charge in [0.2, 0.25) is 0 Å². The molecule has 0 saturated heterocycles. The molecule has 6 heteroatoms. The predicted octanol–water partition coefficient (Wildman–Crippen LogP) is 3.84. The Morgan fingerprint density at radius 2 is 1.88 bits per heavy atom. The van der Waals surface area contributed by atoms with Crippen molar-refractivity contribution >= 4 is 23.5 Å². The zero-order chi connectivity index (χ0) is 17.1. The first-order valence-electron chi connectivity index (χ1n) is 7.59. The molecule has 2 aromatic carbocycles. The van der Waals surface area contributed by atoms with Crippen molar-refractivity contribution in [3.8, 4) is 5.75 Å². The topological polar surface area (TPSA) is 55.4 Å². The maximum Gasteiger partial charge on any atom is 0.343 e. The molecule has 1 saturated carbocycles. The van der Waals surface area contributed by atoms with Gasteiger partial charge in [-0.2, -0.15) is 0 Å². The van der Waals surface area contributed by atoms with Gasteiger partial charge in [-0.1, -0.05) is 29.8 Å². The zero-order valence-corrected chi connectivity index (χ0v) is 13.5. The van der Waals surface area contributed by atoms with E-state index in [1.54, 1.807) is 30.3 Å². The summed E-state index contributed by atoms with van der Waals surface area (Å²) in [6, 6.07) is 10.8. The van der Waals surface area contributed by atoms with Crippen molar-refractivity contribution in [2.24, 2.45) is 5.92 Å². The third kappa shape index (κ3) is 3.74. The lowest BCUT2D eigenvalue weighted by molar-refractivity contribution is 0.0725. The maximum atomic E-state index is 14.6. The third-order valence-corrected chi connectivity index (χ3v) is 4.06. The molecular formula is C18H15ClFNO3. The van der Waals surface area contributed by atoms with E-state index in [1.807, 2.05) is 0 Å². The van der Waals surface area contributed by atoms with Crippen LogP contribution in [0.5, 0.6) is 5.75 Å². The Balaban J connectivity index is 1.80. The Kier molecular flexibility index (Phi) is 4.81. The van der Waals surface area contributed by atoms with Crippen LogP contribution in [0, 0.1) is 11.7 Å². The van der Waals surface area contributed by atoms with Gasteiger partial charge < -0.3 is 10.1 Å². The number of rotatable bonds is 5. The molecule has 0 atom stereocenters. The summed E-state index contributed by atoms with van der Waals surface area (Å²) in [5.74, 6) is -2.14. The first-order chi connectivity index (χ1) is 11.6. The summed E-state index contributed by atoms with van der Waals surface area (Å²) in [4.78, 5) is 24.2. The number of halogens is 2. The van der Waals surface area contributed by atoms with Crippen LogP contribution in [0.15, 0.2) is 42.5 Å². The van der Waals surface area contributed by atoms with Gasteiger partial charge in [-0.25, -0.2) is 9.18 Å². The first-order valence-corrected chi connectivity index (χ1v) is 7.97. The van der Waals surface area contributed by atoms with Gasteiger partial charge in [-0.3, -0.25) is 4.79 Å². The molecule has 0 spiro atoms. The lowest BCUT2D eigenvalue weighted by Crippen LogP contribution is -2.27. The Morgan fingerprint density at radius 3 is 2.54 bits per heavy atom. The van der Waals surface area contributed by atoms with Gasteiger partial charge in [0.25, 0.3) is 5.91 Å². The normalized spacial score (nSPS) is 13.4. The summed E-state index contributed by atoms with van der Waals surface area (Å²) in [6.07, 6.45) is 2.12. The fourth-order valence-corrected chi connectivity index (χ4v) is 2.43. The highest BCUT2D eigenvalue weighted by Gasteiger charge is 2.25. The van der Waals surface area contributed by atoms with Gasteiger partial charge in [-0.05, 0) is 43.0 Å². The van der Waals surface area contributed by atoms with E-state index in [4.69, 9.17) is 16.3 Å². The molecular weight excluding hydrogens is 333 g/mol. The van der Waals surface area contributed by atoms with Crippen LogP contribution in [-0.2, 0) is 0 Å². The van der Waals surface area contributed by atoms with Crippen molar-refractivity contribution < 1.29 is 18.7 Å². The van der Waals surface area contributed by atoms with Crippen LogP contribution in [-0.4, -0.2) is 18.4 Å². The van der Waals surface area contributed by atoms with Crippen LogP contribution in [0.2, 0.25) is 5.02 Å². The average molecular weight is 348 g/mol. The number of hydrogen-bond donors (Lipinski definition) is 1. The molecule has 1 fully saturated rings. The average Bonchev–Trinajstić information content (AvgIpc) is 3.41. The Morgan fingerprint density at radius 1 is 1.17 bits per heavy atom. The number of hydrogen-bond acceptors (Lipinski definition) is 3. The standard InChI is InChI=1S/C18H15ClFNO3/c19-13-8-9-14(24-18(23)12-4-2-1-3-5-12)16(20)15(13)17(22)21-10-11-6-7-11/h1-5,8-9,11H,6-7,10H2,(H,21,22). The van der Waals surface area contributed by atoms with E-state index in [0.717, 1.165) is 12.8 Å². The number of carbonyl (C=O) groups excluding carboxylic acids is 2. The molecule has 0 heterocycles. The monoisotopic (exact) mass is 347 g/mol. The minimum absolute atomic E-state index is 0.0275. The number of ether oxygens (including phenoxy) is 1. The molecule has 0 radical (unpaired) electrons. The highest BCUT2D eigenvalue weighted by atomic mass is 35.5. The number of carbonyl (C=O) groups is 2. The van der Waals surface area contributed by atoms with Crippen molar-refractivity contribution in [1.82, 2.24) is 5.32 Å². The van der Waals surface area contributed by atoms with E-state index in [-0.39, 0.29) is 21.9 Å². The van der Waals surface area contributed by atoms with E-state index < -0.39 is 17.7 Å². The molecule has 1 N–H and O–H groups in total. The highest BCUT2D eigenvalue weighted by Crippen LogP contribution is 2.30. The predicted molar refractivity (Wildman–Crippen MR) is 87.9 cm³/mol. The molecule has 0 unspecified atom stereocenters. The SMILES string of the molecule is O=C(Oc1ccc(Cl)c(C(=O)NCC2CC2)c1F)c1ccccc1. The molecule has 1 aliphatic rings. The summed E-state index contributed by atoms with van der Waals surface area (Å²) < 4.78 is 19.6. The van der Waals surface area contributed by atoms with Crippen LogP contribution in [0.25, 0.3) is 0 Å². The minimum Gasteiger partial charge on any atom is -0.420 e. The summed E-state index contributed by atoms with van der Waals surface area (Å²) >= 11 is 5.94. The summed E-state index contributed by atoms with van der Waals surface area (Å²) in [7, 11) is 0. The molecule has 24 heavy (non-hydrogen) atoms. The molecule has 0 aromatic heterocycles. The van der Waals surface area contributed by atoms with E-state index in [9.17, 15) is 14.0 Å². The Hall–Kier alpha value is -2.40. The highest BCUT2D eigenvalue weighted by molar-refractivity contribution is 6.34. The molecule has 1 aliphatic carbocycles. The van der Waals surface area contributed by atoms with Gasteiger partial charge in [0.1, 0.15) is 0 Å². The fraction of sp³-hybridized carbons (Fsp3) is 0.222. The van der Waals surface area contributed by atoms with Crippen molar-refractivity contribution in [2.45, 2.75) is 12.8 Å². The summed E-state index contributed by atoms with van der Waals surface area (Å²) in [5.41, 5.74) is -0.0257. The van der Waals surface area contributed by atoms with Crippen LogP contribution in [0.4, 0.5) is 4.39 Å². The number of benzene rings is 2.